The number of anilines is 3. The Labute approximate surface area is 401 Å². The number of carboxylic acids is 1. The number of benzene rings is 1. The molecule has 23 nitrogen and oxygen atoms in total. The Hall–Kier alpha value is -5.72. The molecule has 0 spiro atoms. The van der Waals surface area contributed by atoms with Crippen LogP contribution in [0.5, 0.6) is 0 Å². The first kappa shape index (κ1) is 56.6. The van der Waals surface area contributed by atoms with Gasteiger partial charge in [0.2, 0.25) is 11.9 Å². The van der Waals surface area contributed by atoms with Gasteiger partial charge in [-0.1, -0.05) is 19.3 Å². The van der Waals surface area contributed by atoms with Crippen LogP contribution in [-0.2, 0) is 49.3 Å². The highest BCUT2D eigenvalue weighted by Crippen LogP contribution is 2.19. The zero-order chi connectivity index (χ0) is 49.2. The number of nitrogens with one attached hydrogen (secondary N) is 4. The SMILES string of the molecule is CN(Cc1cnc2nc(N)nc(N)c2n1)c1ccc(C(=O)NC(CCC(=O)NCCCCCNCC(=O)OCCOCCOCCOC(=O)NCCOCCOCCCCCCCl)C(=O)O)cc1. The van der Waals surface area contributed by atoms with Crippen molar-refractivity contribution in [3.05, 3.63) is 41.7 Å². The van der Waals surface area contributed by atoms with Crippen molar-refractivity contribution in [2.45, 2.75) is 70.4 Å². The summed E-state index contributed by atoms with van der Waals surface area (Å²) < 4.78 is 31.8. The monoisotopic (exact) mass is 977 g/mol. The van der Waals surface area contributed by atoms with Crippen LogP contribution >= 0.6 is 11.6 Å². The number of halogens is 1. The molecule has 24 heteroatoms. The minimum Gasteiger partial charge on any atom is -0.480 e. The third-order valence-electron chi connectivity index (χ3n) is 9.74. The minimum atomic E-state index is -1.26. The Kier molecular flexibility index (Phi) is 28.8. The van der Waals surface area contributed by atoms with Crippen LogP contribution in [0.1, 0.15) is 73.8 Å². The van der Waals surface area contributed by atoms with Crippen molar-refractivity contribution < 1.29 is 57.5 Å². The average molecular weight is 979 g/mol. The molecule has 0 aliphatic carbocycles. The summed E-state index contributed by atoms with van der Waals surface area (Å²) in [6, 6.07) is 5.31. The van der Waals surface area contributed by atoms with Crippen LogP contribution in [0, 0.1) is 0 Å². The summed E-state index contributed by atoms with van der Waals surface area (Å²) in [7, 11) is 1.83. The van der Waals surface area contributed by atoms with Gasteiger partial charge in [0.1, 0.15) is 19.3 Å². The summed E-state index contributed by atoms with van der Waals surface area (Å²) in [6.45, 7) is 4.90. The van der Waals surface area contributed by atoms with Gasteiger partial charge in [0, 0.05) is 50.3 Å². The lowest BCUT2D eigenvalue weighted by Crippen LogP contribution is -2.41. The number of nitrogens with zero attached hydrogens (tertiary/aromatic N) is 5. The molecule has 0 aliphatic heterocycles. The number of aromatic nitrogens is 4. The maximum atomic E-state index is 12.9. The minimum absolute atomic E-state index is 0.00500. The lowest BCUT2D eigenvalue weighted by molar-refractivity contribution is -0.144. The second-order valence-electron chi connectivity index (χ2n) is 15.2. The number of carbonyl (C=O) groups excluding carboxylic acids is 4. The van der Waals surface area contributed by atoms with Gasteiger partial charge in [-0.3, -0.25) is 14.4 Å². The quantitative estimate of drug-likeness (QED) is 0.0246. The van der Waals surface area contributed by atoms with Gasteiger partial charge in [0.15, 0.2) is 17.0 Å². The number of esters is 1. The topological polar surface area (TPSA) is 316 Å². The van der Waals surface area contributed by atoms with Crippen molar-refractivity contribution >= 4 is 70.1 Å². The first-order valence-corrected chi connectivity index (χ1v) is 23.3. The smallest absolute Gasteiger partial charge is 0.407 e. The Morgan fingerprint density at radius 1 is 0.735 bits per heavy atom. The number of carbonyl (C=O) groups is 5. The van der Waals surface area contributed by atoms with Crippen LogP contribution in [0.15, 0.2) is 30.5 Å². The number of rotatable bonds is 38. The summed E-state index contributed by atoms with van der Waals surface area (Å²) in [5.41, 5.74) is 13.8. The average Bonchev–Trinajstić information content (AvgIpc) is 3.32. The van der Waals surface area contributed by atoms with Crippen LogP contribution in [0.25, 0.3) is 11.2 Å². The Bertz CT molecular complexity index is 1950. The number of nitrogens with two attached hydrogens (primary N) is 2. The number of alkyl halides is 1. The number of amides is 3. The van der Waals surface area contributed by atoms with E-state index < -0.39 is 30.0 Å². The molecule has 0 saturated carbocycles. The molecule has 0 aliphatic rings. The number of aliphatic carboxylic acids is 1. The molecular weight excluding hydrogens is 910 g/mol. The molecule has 0 bridgehead atoms. The fraction of sp³-hybridized carbons (Fsp3) is 0.614. The summed E-state index contributed by atoms with van der Waals surface area (Å²) in [4.78, 5) is 79.5. The highest BCUT2D eigenvalue weighted by atomic mass is 35.5. The van der Waals surface area contributed by atoms with Gasteiger partial charge in [0.05, 0.1) is 71.2 Å². The number of hydrogen-bond acceptors (Lipinski definition) is 19. The largest absolute Gasteiger partial charge is 0.480 e. The summed E-state index contributed by atoms with van der Waals surface area (Å²) in [5, 5.41) is 20.6. The van der Waals surface area contributed by atoms with Crippen LogP contribution < -0.4 is 37.6 Å². The van der Waals surface area contributed by atoms with E-state index in [1.165, 1.54) is 0 Å². The van der Waals surface area contributed by atoms with Crippen LogP contribution in [0.2, 0.25) is 0 Å². The summed E-state index contributed by atoms with van der Waals surface area (Å²) >= 11 is 5.65. The van der Waals surface area contributed by atoms with Crippen molar-refractivity contribution in [3.8, 4) is 0 Å². The van der Waals surface area contributed by atoms with Crippen molar-refractivity contribution in [1.82, 2.24) is 41.2 Å². The lowest BCUT2D eigenvalue weighted by Gasteiger charge is -2.19. The number of unbranched alkanes of at least 4 members (excludes halogenated alkanes) is 5. The summed E-state index contributed by atoms with van der Waals surface area (Å²) in [5.74, 6) is -1.75. The molecule has 9 N–H and O–H groups in total. The zero-order valence-corrected chi connectivity index (χ0v) is 39.6. The molecule has 0 saturated heterocycles. The van der Waals surface area contributed by atoms with E-state index in [-0.39, 0.29) is 87.9 Å². The normalized spacial score (nSPS) is 11.5. The van der Waals surface area contributed by atoms with Crippen molar-refractivity contribution in [2.75, 3.05) is 122 Å². The fourth-order valence-electron chi connectivity index (χ4n) is 6.12. The number of nitrogen functional groups attached to an aromatic ring is 2. The number of fused-ring (bicyclic) bond motifs is 1. The first-order chi connectivity index (χ1) is 33.0. The zero-order valence-electron chi connectivity index (χ0n) is 38.8. The van der Waals surface area contributed by atoms with Crippen LogP contribution in [0.3, 0.4) is 0 Å². The predicted molar refractivity (Wildman–Crippen MR) is 253 cm³/mol. The standard InChI is InChI=1S/C44H68ClN11O12/c1-56(31-33-29-51-40-38(52-33)39(46)54-43(47)55-40)34-11-9-32(10-12-34)41(59)53-35(42(60)61)13-14-36(57)49-17-7-4-6-16-48-30-37(58)67-27-25-65-23-24-66-26-28-68-44(62)50-18-20-64-22-21-63-19-8-3-2-5-15-45/h9-12,29,35,48H,2-8,13-28,30-31H2,1H3,(H,49,57)(H,50,62)(H,53,59)(H,60,61)(H4,46,47,51,54,55). The van der Waals surface area contributed by atoms with Crippen LogP contribution in [0.4, 0.5) is 22.2 Å². The molecule has 3 amide bonds. The van der Waals surface area contributed by atoms with Gasteiger partial charge in [-0.15, -0.1) is 11.6 Å². The van der Waals surface area contributed by atoms with Crippen LogP contribution in [-0.4, -0.2) is 166 Å². The molecule has 378 valence electrons. The molecule has 2 aromatic heterocycles. The Morgan fingerprint density at radius 3 is 2.10 bits per heavy atom. The van der Waals surface area contributed by atoms with Crippen molar-refractivity contribution in [3.63, 3.8) is 0 Å². The molecule has 0 radical (unpaired) electrons. The van der Waals surface area contributed by atoms with Gasteiger partial charge in [-0.2, -0.15) is 9.97 Å². The number of ether oxygens (including phenoxy) is 6. The van der Waals surface area contributed by atoms with Gasteiger partial charge >= 0.3 is 18.0 Å². The highest BCUT2D eigenvalue weighted by molar-refractivity contribution is 6.17. The first-order valence-electron chi connectivity index (χ1n) is 22.8. The Morgan fingerprint density at radius 2 is 1.38 bits per heavy atom. The lowest BCUT2D eigenvalue weighted by atomic mass is 10.1. The molecule has 2 heterocycles. The number of alkyl carbamates (subject to hydrolysis) is 1. The molecule has 3 aromatic rings. The van der Waals surface area contributed by atoms with E-state index in [1.54, 1.807) is 30.5 Å². The van der Waals surface area contributed by atoms with E-state index in [2.05, 4.69) is 41.2 Å². The van der Waals surface area contributed by atoms with Gasteiger partial charge in [-0.25, -0.2) is 19.6 Å². The maximum Gasteiger partial charge on any atom is 0.407 e. The summed E-state index contributed by atoms with van der Waals surface area (Å²) in [6.07, 6.45) is 7.32. The number of hydrogen-bond donors (Lipinski definition) is 7. The van der Waals surface area contributed by atoms with E-state index in [0.29, 0.717) is 76.1 Å². The molecule has 3 rings (SSSR count). The highest BCUT2D eigenvalue weighted by Gasteiger charge is 2.22. The molecule has 1 atom stereocenters. The molecule has 68 heavy (non-hydrogen) atoms. The second-order valence-corrected chi connectivity index (χ2v) is 15.6. The van der Waals surface area contributed by atoms with Gasteiger partial charge < -0.3 is 71.2 Å². The van der Waals surface area contributed by atoms with E-state index in [1.807, 2.05) is 11.9 Å². The van der Waals surface area contributed by atoms with E-state index >= 15 is 0 Å². The van der Waals surface area contributed by atoms with Gasteiger partial charge in [0.25, 0.3) is 5.91 Å². The maximum absolute atomic E-state index is 12.9. The van der Waals surface area contributed by atoms with E-state index in [4.69, 9.17) is 51.5 Å². The number of carboxylic acid groups (broad SMARTS) is 1. The van der Waals surface area contributed by atoms with Crippen molar-refractivity contribution in [1.29, 1.82) is 0 Å². The predicted octanol–water partition coefficient (Wildman–Crippen LogP) is 2.19. The third kappa shape index (κ3) is 24.9. The molecular formula is C44H68ClN11O12. The van der Waals surface area contributed by atoms with E-state index in [9.17, 15) is 29.1 Å². The molecule has 1 aromatic carbocycles. The second kappa shape index (κ2) is 34.6. The molecule has 1 unspecified atom stereocenters. The van der Waals surface area contributed by atoms with Gasteiger partial charge in [-0.05, 0) is 62.9 Å². The fourth-order valence-corrected chi connectivity index (χ4v) is 6.31. The molecule has 0 fully saturated rings. The van der Waals surface area contributed by atoms with Crippen molar-refractivity contribution in [2.24, 2.45) is 0 Å². The van der Waals surface area contributed by atoms with E-state index in [0.717, 1.165) is 44.2 Å². The third-order valence-corrected chi connectivity index (χ3v) is 10.0. The Balaban J connectivity index is 1.11.